The fourth-order valence-electron chi connectivity index (χ4n) is 5.80. The van der Waals surface area contributed by atoms with Gasteiger partial charge in [0.25, 0.3) is 0 Å². The standard InChI is InChI=1S/C33H31BrFN3OS/c1-19-12-20(2)26(13-21(19)18-40-25-10-8-23(35)9-11-25)30-27(17-36)32(37)38(24-7-5-6-22(34)14-24)28-15-33(3,4)16-29(39)31(28)30/h5-14,30H,15-16,18,37H2,1-4H3. The number of nitriles is 1. The summed E-state index contributed by atoms with van der Waals surface area (Å²) in [6.07, 6.45) is 1.07. The molecule has 0 saturated carbocycles. The van der Waals surface area contributed by atoms with Crippen LogP contribution in [0.25, 0.3) is 0 Å². The molecule has 1 unspecified atom stereocenters. The predicted octanol–water partition coefficient (Wildman–Crippen LogP) is 8.44. The van der Waals surface area contributed by atoms with Crippen LogP contribution in [0.3, 0.4) is 0 Å². The van der Waals surface area contributed by atoms with Crippen molar-refractivity contribution in [3.8, 4) is 6.07 Å². The van der Waals surface area contributed by atoms with E-state index >= 15 is 0 Å². The van der Waals surface area contributed by atoms with Crippen molar-refractivity contribution < 1.29 is 9.18 Å². The van der Waals surface area contributed by atoms with Crippen molar-refractivity contribution in [1.29, 1.82) is 5.26 Å². The van der Waals surface area contributed by atoms with E-state index in [1.165, 1.54) is 12.1 Å². The number of carbonyl (C=O) groups is 1. The van der Waals surface area contributed by atoms with Gasteiger partial charge in [-0.2, -0.15) is 5.26 Å². The van der Waals surface area contributed by atoms with Crippen molar-refractivity contribution in [3.63, 3.8) is 0 Å². The van der Waals surface area contributed by atoms with Gasteiger partial charge in [-0.25, -0.2) is 4.39 Å². The maximum absolute atomic E-state index is 13.9. The molecule has 0 radical (unpaired) electrons. The van der Waals surface area contributed by atoms with Crippen LogP contribution in [0.1, 0.15) is 54.9 Å². The number of anilines is 1. The fourth-order valence-corrected chi connectivity index (χ4v) is 7.15. The van der Waals surface area contributed by atoms with E-state index in [4.69, 9.17) is 5.73 Å². The third-order valence-corrected chi connectivity index (χ3v) is 9.25. The summed E-state index contributed by atoms with van der Waals surface area (Å²) < 4.78 is 14.3. The zero-order chi connectivity index (χ0) is 28.8. The molecule has 3 aromatic carbocycles. The Labute approximate surface area is 247 Å². The summed E-state index contributed by atoms with van der Waals surface area (Å²) in [6, 6.07) is 20.9. The van der Waals surface area contributed by atoms with Crippen LogP contribution in [0.5, 0.6) is 0 Å². The fraction of sp³-hybridized carbons (Fsp3) is 0.273. The second-order valence-corrected chi connectivity index (χ2v) is 13.3. The van der Waals surface area contributed by atoms with E-state index in [-0.39, 0.29) is 17.0 Å². The number of thioether (sulfide) groups is 1. The first-order valence-electron chi connectivity index (χ1n) is 13.2. The van der Waals surface area contributed by atoms with Crippen molar-refractivity contribution in [3.05, 3.63) is 116 Å². The Morgan fingerprint density at radius 1 is 1.10 bits per heavy atom. The highest BCUT2D eigenvalue weighted by Gasteiger charge is 2.45. The average molecular weight is 617 g/mol. The summed E-state index contributed by atoms with van der Waals surface area (Å²) in [6.45, 7) is 8.30. The second kappa shape index (κ2) is 10.9. The summed E-state index contributed by atoms with van der Waals surface area (Å²) in [4.78, 5) is 16.8. The molecule has 204 valence electrons. The number of rotatable bonds is 5. The Bertz CT molecular complexity index is 1620. The molecule has 0 spiro atoms. The maximum atomic E-state index is 13.9. The predicted molar refractivity (Wildman–Crippen MR) is 163 cm³/mol. The summed E-state index contributed by atoms with van der Waals surface area (Å²) in [5, 5.41) is 10.5. The zero-order valence-corrected chi connectivity index (χ0v) is 25.4. The van der Waals surface area contributed by atoms with E-state index in [1.54, 1.807) is 23.9 Å². The van der Waals surface area contributed by atoms with E-state index in [0.717, 1.165) is 43.0 Å². The van der Waals surface area contributed by atoms with Crippen LogP contribution in [-0.2, 0) is 10.5 Å². The Kier molecular flexibility index (Phi) is 7.69. The van der Waals surface area contributed by atoms with Crippen molar-refractivity contribution in [2.75, 3.05) is 4.90 Å². The first-order chi connectivity index (χ1) is 19.0. The minimum Gasteiger partial charge on any atom is -0.384 e. The van der Waals surface area contributed by atoms with Crippen LogP contribution in [0.2, 0.25) is 0 Å². The van der Waals surface area contributed by atoms with E-state index in [0.29, 0.717) is 35.6 Å². The topological polar surface area (TPSA) is 70.1 Å². The third kappa shape index (κ3) is 5.35. The first-order valence-corrected chi connectivity index (χ1v) is 15.0. The maximum Gasteiger partial charge on any atom is 0.162 e. The summed E-state index contributed by atoms with van der Waals surface area (Å²) >= 11 is 5.19. The number of nitrogens with two attached hydrogens (primary N) is 1. The van der Waals surface area contributed by atoms with Gasteiger partial charge >= 0.3 is 0 Å². The third-order valence-electron chi connectivity index (χ3n) is 7.69. The molecule has 7 heteroatoms. The van der Waals surface area contributed by atoms with Crippen molar-refractivity contribution in [2.24, 2.45) is 11.1 Å². The largest absolute Gasteiger partial charge is 0.384 e. The van der Waals surface area contributed by atoms with Crippen LogP contribution in [0, 0.1) is 36.4 Å². The molecular formula is C33H31BrFN3OS. The molecule has 2 aliphatic rings. The molecular weight excluding hydrogens is 585 g/mol. The van der Waals surface area contributed by atoms with Crippen LogP contribution in [0.15, 0.2) is 92.7 Å². The Balaban J connectivity index is 1.66. The lowest BCUT2D eigenvalue weighted by molar-refractivity contribution is -0.118. The van der Waals surface area contributed by atoms with Gasteiger partial charge in [0.1, 0.15) is 11.6 Å². The lowest BCUT2D eigenvalue weighted by Gasteiger charge is -2.44. The summed E-state index contributed by atoms with van der Waals surface area (Å²) in [7, 11) is 0. The number of allylic oxidation sites excluding steroid dienone is 3. The van der Waals surface area contributed by atoms with Crippen LogP contribution in [0.4, 0.5) is 10.1 Å². The molecule has 2 N–H and O–H groups in total. The van der Waals surface area contributed by atoms with Gasteiger partial charge < -0.3 is 5.73 Å². The minimum atomic E-state index is -0.540. The van der Waals surface area contributed by atoms with Crippen LogP contribution >= 0.6 is 27.7 Å². The SMILES string of the molecule is Cc1cc(C)c(C2C(C#N)=C(N)N(c3cccc(Br)c3)C3=C2C(=O)CC(C)(C)C3)cc1CSc1ccc(F)cc1. The summed E-state index contributed by atoms with van der Waals surface area (Å²) in [5.74, 6) is 0.290. The summed E-state index contributed by atoms with van der Waals surface area (Å²) in [5.41, 5.74) is 13.5. The number of carbonyl (C=O) groups excluding carboxylic acids is 1. The molecule has 4 nitrogen and oxygen atoms in total. The number of ketones is 1. The van der Waals surface area contributed by atoms with Crippen molar-refractivity contribution in [1.82, 2.24) is 0 Å². The second-order valence-electron chi connectivity index (χ2n) is 11.3. The van der Waals surface area contributed by atoms with E-state index < -0.39 is 5.92 Å². The lowest BCUT2D eigenvalue weighted by Crippen LogP contribution is -2.42. The lowest BCUT2D eigenvalue weighted by atomic mass is 9.68. The molecule has 1 aliphatic heterocycles. The van der Waals surface area contributed by atoms with Gasteiger partial charge in [-0.1, -0.05) is 48.0 Å². The number of hydrogen-bond donors (Lipinski definition) is 1. The molecule has 0 bridgehead atoms. The zero-order valence-electron chi connectivity index (χ0n) is 23.0. The van der Waals surface area contributed by atoms with Gasteiger partial charge in [0.15, 0.2) is 5.78 Å². The first kappa shape index (κ1) is 28.2. The molecule has 5 rings (SSSR count). The highest BCUT2D eigenvalue weighted by Crippen LogP contribution is 2.51. The molecule has 1 heterocycles. The van der Waals surface area contributed by atoms with Crippen LogP contribution in [-0.4, -0.2) is 5.78 Å². The van der Waals surface area contributed by atoms with Gasteiger partial charge in [-0.15, -0.1) is 11.8 Å². The van der Waals surface area contributed by atoms with E-state index in [9.17, 15) is 14.4 Å². The molecule has 0 aromatic heterocycles. The number of aryl methyl sites for hydroxylation is 2. The van der Waals surface area contributed by atoms with Crippen molar-refractivity contribution >= 4 is 39.2 Å². The molecule has 3 aromatic rings. The van der Waals surface area contributed by atoms with Gasteiger partial charge in [-0.05, 0) is 90.4 Å². The Morgan fingerprint density at radius 2 is 1.82 bits per heavy atom. The molecule has 0 fully saturated rings. The van der Waals surface area contributed by atoms with Gasteiger partial charge in [0.05, 0.1) is 17.6 Å². The van der Waals surface area contributed by atoms with Crippen molar-refractivity contribution in [2.45, 2.75) is 57.1 Å². The monoisotopic (exact) mass is 615 g/mol. The number of Topliss-reactive ketones (excluding diaryl/α,β-unsaturated/α-hetero) is 1. The number of benzene rings is 3. The normalized spacial score (nSPS) is 18.6. The van der Waals surface area contributed by atoms with Gasteiger partial charge in [-0.3, -0.25) is 9.69 Å². The highest BCUT2D eigenvalue weighted by atomic mass is 79.9. The Hall–Kier alpha value is -3.34. The van der Waals surface area contributed by atoms with Gasteiger partial charge in [0.2, 0.25) is 0 Å². The van der Waals surface area contributed by atoms with Gasteiger partial charge in [0, 0.05) is 38.5 Å². The number of halogens is 2. The quantitative estimate of drug-likeness (QED) is 0.292. The van der Waals surface area contributed by atoms with Crippen LogP contribution < -0.4 is 10.6 Å². The van der Waals surface area contributed by atoms with E-state index in [2.05, 4.69) is 54.9 Å². The molecule has 1 atom stereocenters. The minimum absolute atomic E-state index is 0.0544. The average Bonchev–Trinajstić information content (AvgIpc) is 2.88. The Morgan fingerprint density at radius 3 is 2.50 bits per heavy atom. The van der Waals surface area contributed by atoms with E-state index in [1.807, 2.05) is 36.1 Å². The molecule has 0 amide bonds. The number of hydrogen-bond acceptors (Lipinski definition) is 5. The smallest absolute Gasteiger partial charge is 0.162 e. The molecule has 40 heavy (non-hydrogen) atoms. The molecule has 0 saturated heterocycles. The molecule has 1 aliphatic carbocycles. The number of nitrogens with zero attached hydrogens (tertiary/aromatic N) is 2. The highest BCUT2D eigenvalue weighted by molar-refractivity contribution is 9.10.